The van der Waals surface area contributed by atoms with Crippen molar-refractivity contribution in [3.05, 3.63) is 28.3 Å². The lowest BCUT2D eigenvalue weighted by molar-refractivity contribution is 0.205. The average Bonchev–Trinajstić information content (AvgIpc) is 3.34. The van der Waals surface area contributed by atoms with E-state index in [4.69, 9.17) is 4.74 Å². The van der Waals surface area contributed by atoms with Crippen molar-refractivity contribution in [1.82, 2.24) is 19.9 Å². The molecular formula is C17H23N5O2S. The fourth-order valence-corrected chi connectivity index (χ4v) is 4.47. The second kappa shape index (κ2) is 7.23. The lowest BCUT2D eigenvalue weighted by Gasteiger charge is -2.15. The van der Waals surface area contributed by atoms with E-state index in [-0.39, 0.29) is 0 Å². The van der Waals surface area contributed by atoms with Gasteiger partial charge in [-0.05, 0) is 60.8 Å². The van der Waals surface area contributed by atoms with Gasteiger partial charge in [0.25, 0.3) is 0 Å². The maximum atomic E-state index is 12.1. The molecule has 1 unspecified atom stereocenters. The second-order valence-corrected chi connectivity index (χ2v) is 7.69. The highest BCUT2D eigenvalue weighted by atomic mass is 32.2. The Morgan fingerprint density at radius 2 is 1.92 bits per heavy atom. The van der Waals surface area contributed by atoms with Crippen LogP contribution in [0.2, 0.25) is 0 Å². The number of fused-ring (bicyclic) bond motifs is 2. The number of nitrogens with one attached hydrogen (secondary N) is 3. The standard InChI is InChI=1S/C17H23N5O2S/c1-24-9-8-18-25(23)17-20-16(21-22-17)19-15-13-6-2-4-11(13)10-12-5-3-7-14(12)15/h10,18H,2-9H2,1H3,(H2,19,20,21,22). The zero-order chi connectivity index (χ0) is 17.2. The number of methoxy groups -OCH3 is 1. The molecule has 0 saturated heterocycles. The van der Waals surface area contributed by atoms with E-state index in [9.17, 15) is 4.21 Å². The summed E-state index contributed by atoms with van der Waals surface area (Å²) in [6.07, 6.45) is 6.94. The van der Waals surface area contributed by atoms with Crippen molar-refractivity contribution in [3.8, 4) is 0 Å². The van der Waals surface area contributed by atoms with Crippen molar-refractivity contribution in [2.75, 3.05) is 25.6 Å². The largest absolute Gasteiger partial charge is 0.383 e. The van der Waals surface area contributed by atoms with E-state index >= 15 is 0 Å². The SMILES string of the molecule is COCCNS(=O)c1nc(Nc2c3c(cc4c2CCC4)CCC3)n[nH]1. The maximum absolute atomic E-state index is 12.1. The van der Waals surface area contributed by atoms with Gasteiger partial charge in [-0.3, -0.25) is 0 Å². The van der Waals surface area contributed by atoms with E-state index in [1.165, 1.54) is 40.8 Å². The molecule has 2 aliphatic rings. The van der Waals surface area contributed by atoms with Gasteiger partial charge >= 0.3 is 0 Å². The van der Waals surface area contributed by atoms with Gasteiger partial charge in [-0.1, -0.05) is 6.07 Å². The average molecular weight is 361 g/mol. The number of benzene rings is 1. The van der Waals surface area contributed by atoms with Crippen LogP contribution < -0.4 is 10.0 Å². The normalized spacial score (nSPS) is 16.7. The van der Waals surface area contributed by atoms with E-state index in [1.807, 2.05) is 0 Å². The molecule has 4 rings (SSSR count). The minimum absolute atomic E-state index is 0.322. The Bertz CT molecular complexity index is 772. The van der Waals surface area contributed by atoms with Gasteiger partial charge in [-0.2, -0.15) is 4.98 Å². The summed E-state index contributed by atoms with van der Waals surface area (Å²) in [5, 5.41) is 10.7. The molecule has 2 aliphatic carbocycles. The Hall–Kier alpha value is -1.77. The second-order valence-electron chi connectivity index (χ2n) is 6.48. The van der Waals surface area contributed by atoms with E-state index in [0.29, 0.717) is 24.3 Å². The molecule has 3 N–H and O–H groups in total. The maximum Gasteiger partial charge on any atom is 0.247 e. The number of hydrogen-bond donors (Lipinski definition) is 3. The topological polar surface area (TPSA) is 91.9 Å². The first-order valence-corrected chi connectivity index (χ1v) is 9.91. The molecule has 0 aliphatic heterocycles. The van der Waals surface area contributed by atoms with Crippen molar-refractivity contribution in [2.24, 2.45) is 0 Å². The summed E-state index contributed by atoms with van der Waals surface area (Å²) in [6, 6.07) is 2.40. The molecule has 0 amide bonds. The van der Waals surface area contributed by atoms with Crippen molar-refractivity contribution in [3.63, 3.8) is 0 Å². The molecule has 134 valence electrons. The van der Waals surface area contributed by atoms with Crippen LogP contribution in [0, 0.1) is 0 Å². The summed E-state index contributed by atoms with van der Waals surface area (Å²) in [4.78, 5) is 4.35. The van der Waals surface area contributed by atoms with Crippen LogP contribution in [-0.4, -0.2) is 39.7 Å². The van der Waals surface area contributed by atoms with Gasteiger partial charge < -0.3 is 10.1 Å². The number of ether oxygens (including phenoxy) is 1. The van der Waals surface area contributed by atoms with Crippen LogP contribution in [0.4, 0.5) is 11.6 Å². The number of aryl methyl sites for hydroxylation is 2. The number of rotatable bonds is 7. The van der Waals surface area contributed by atoms with E-state index in [2.05, 4.69) is 31.3 Å². The number of anilines is 2. The van der Waals surface area contributed by atoms with E-state index < -0.39 is 11.0 Å². The Labute approximate surface area is 149 Å². The Morgan fingerprint density at radius 1 is 1.20 bits per heavy atom. The number of aromatic amines is 1. The molecule has 1 heterocycles. The molecular weight excluding hydrogens is 338 g/mol. The highest BCUT2D eigenvalue weighted by Crippen LogP contribution is 2.39. The van der Waals surface area contributed by atoms with Crippen LogP contribution in [0.25, 0.3) is 0 Å². The predicted octanol–water partition coefficient (Wildman–Crippen LogP) is 1.78. The third-order valence-electron chi connectivity index (χ3n) is 4.89. The quantitative estimate of drug-likeness (QED) is 0.654. The van der Waals surface area contributed by atoms with Crippen LogP contribution in [-0.2, 0) is 41.4 Å². The van der Waals surface area contributed by atoms with Gasteiger partial charge in [-0.15, -0.1) is 5.10 Å². The molecule has 1 atom stereocenters. The Balaban J connectivity index is 1.55. The molecule has 0 bridgehead atoms. The third-order valence-corrected chi connectivity index (χ3v) is 5.89. The molecule has 8 heteroatoms. The van der Waals surface area contributed by atoms with E-state index in [0.717, 1.165) is 25.7 Å². The first kappa shape index (κ1) is 16.7. The molecule has 0 saturated carbocycles. The summed E-state index contributed by atoms with van der Waals surface area (Å²) in [5.41, 5.74) is 6.93. The minimum atomic E-state index is -1.42. The number of aromatic nitrogens is 3. The molecule has 0 radical (unpaired) electrons. The number of hydrogen-bond acceptors (Lipinski definition) is 5. The fourth-order valence-electron chi connectivity index (χ4n) is 3.77. The molecule has 1 aromatic heterocycles. The Kier molecular flexibility index (Phi) is 4.82. The summed E-state index contributed by atoms with van der Waals surface area (Å²) >= 11 is 0. The number of H-pyrrole nitrogens is 1. The minimum Gasteiger partial charge on any atom is -0.383 e. The summed E-state index contributed by atoms with van der Waals surface area (Å²) in [6.45, 7) is 0.986. The first-order valence-electron chi connectivity index (χ1n) is 8.76. The van der Waals surface area contributed by atoms with Crippen molar-refractivity contribution >= 4 is 22.6 Å². The van der Waals surface area contributed by atoms with Gasteiger partial charge in [0.2, 0.25) is 11.1 Å². The Morgan fingerprint density at radius 3 is 2.60 bits per heavy atom. The fraction of sp³-hybridized carbons (Fsp3) is 0.529. The molecule has 0 spiro atoms. The van der Waals surface area contributed by atoms with Crippen LogP contribution in [0.1, 0.15) is 35.1 Å². The summed E-state index contributed by atoms with van der Waals surface area (Å²) in [5.74, 6) is 0.478. The van der Waals surface area contributed by atoms with Crippen LogP contribution in [0.15, 0.2) is 11.2 Å². The molecule has 1 aromatic carbocycles. The van der Waals surface area contributed by atoms with Crippen LogP contribution >= 0.6 is 0 Å². The molecule has 0 fully saturated rings. The number of nitrogens with zero attached hydrogens (tertiary/aromatic N) is 2. The van der Waals surface area contributed by atoms with Crippen molar-refractivity contribution in [2.45, 2.75) is 43.7 Å². The zero-order valence-electron chi connectivity index (χ0n) is 14.4. The van der Waals surface area contributed by atoms with Crippen LogP contribution in [0.5, 0.6) is 0 Å². The van der Waals surface area contributed by atoms with Gasteiger partial charge in [0.05, 0.1) is 6.61 Å². The van der Waals surface area contributed by atoms with Crippen molar-refractivity contribution in [1.29, 1.82) is 0 Å². The van der Waals surface area contributed by atoms with Gasteiger partial charge in [-0.25, -0.2) is 14.0 Å². The van der Waals surface area contributed by atoms with Gasteiger partial charge in [0.15, 0.2) is 11.0 Å². The highest BCUT2D eigenvalue weighted by Gasteiger charge is 2.24. The van der Waals surface area contributed by atoms with Crippen molar-refractivity contribution < 1.29 is 8.95 Å². The summed E-state index contributed by atoms with van der Waals surface area (Å²) < 4.78 is 19.9. The molecule has 7 nitrogen and oxygen atoms in total. The monoisotopic (exact) mass is 361 g/mol. The molecule has 2 aromatic rings. The van der Waals surface area contributed by atoms with E-state index in [1.54, 1.807) is 7.11 Å². The predicted molar refractivity (Wildman–Crippen MR) is 96.4 cm³/mol. The lowest BCUT2D eigenvalue weighted by Crippen LogP contribution is -2.22. The third kappa shape index (κ3) is 3.33. The van der Waals surface area contributed by atoms with Gasteiger partial charge in [0.1, 0.15) is 0 Å². The zero-order valence-corrected chi connectivity index (χ0v) is 15.2. The first-order chi connectivity index (χ1) is 12.3. The highest BCUT2D eigenvalue weighted by molar-refractivity contribution is 7.82. The van der Waals surface area contributed by atoms with Gasteiger partial charge in [0, 0.05) is 19.3 Å². The lowest BCUT2D eigenvalue weighted by atomic mass is 9.99. The van der Waals surface area contributed by atoms with Crippen LogP contribution in [0.3, 0.4) is 0 Å². The summed E-state index contributed by atoms with van der Waals surface area (Å²) in [7, 11) is 0.189. The smallest absolute Gasteiger partial charge is 0.247 e. The molecule has 25 heavy (non-hydrogen) atoms.